The molecular weight excluding hydrogens is 301 g/mol. The lowest BCUT2D eigenvalue weighted by Crippen LogP contribution is -2.23. The maximum atomic E-state index is 13.8. The molecule has 0 unspecified atom stereocenters. The molecule has 0 bridgehead atoms. The quantitative estimate of drug-likeness (QED) is 0.859. The van der Waals surface area contributed by atoms with E-state index < -0.39 is 17.3 Å². The number of rotatable bonds is 4. The molecule has 0 saturated carbocycles. The molecule has 2 rings (SSSR count). The molecule has 21 heavy (non-hydrogen) atoms. The summed E-state index contributed by atoms with van der Waals surface area (Å²) in [5.74, 6) is -1.39. The predicted molar refractivity (Wildman–Crippen MR) is 74.1 cm³/mol. The lowest BCUT2D eigenvalue weighted by Gasteiger charge is -2.09. The van der Waals surface area contributed by atoms with Gasteiger partial charge in [-0.2, -0.15) is 0 Å². The Balaban J connectivity index is 2.46. The van der Waals surface area contributed by atoms with Crippen LogP contribution >= 0.6 is 11.6 Å². The van der Waals surface area contributed by atoms with E-state index in [4.69, 9.17) is 22.1 Å². The van der Waals surface area contributed by atoms with Gasteiger partial charge >= 0.3 is 0 Å². The molecule has 0 spiro atoms. The van der Waals surface area contributed by atoms with Crippen LogP contribution in [0.25, 0.3) is 0 Å². The molecule has 0 radical (unpaired) electrons. The van der Waals surface area contributed by atoms with Gasteiger partial charge in [-0.15, -0.1) is 0 Å². The zero-order chi connectivity index (χ0) is 15.6. The fourth-order valence-corrected chi connectivity index (χ4v) is 1.97. The second-order valence-electron chi connectivity index (χ2n) is 4.17. The summed E-state index contributed by atoms with van der Waals surface area (Å²) in [5.41, 5.74) is 4.86. The third kappa shape index (κ3) is 3.03. The van der Waals surface area contributed by atoms with E-state index in [9.17, 15) is 14.0 Å². The van der Waals surface area contributed by atoms with Crippen molar-refractivity contribution in [1.82, 2.24) is 9.55 Å². The molecule has 110 valence electrons. The molecule has 0 saturated heterocycles. The Hall–Kier alpha value is -2.41. The van der Waals surface area contributed by atoms with Crippen molar-refractivity contribution in [3.8, 4) is 5.75 Å². The Bertz CT molecular complexity index is 761. The number of hydrogen-bond acceptors (Lipinski definition) is 4. The minimum absolute atomic E-state index is 0.0786. The smallest absolute Gasteiger partial charge is 0.297 e. The molecule has 0 aliphatic rings. The fraction of sp³-hybridized carbons (Fsp3) is 0.154. The van der Waals surface area contributed by atoms with Crippen LogP contribution in [0.15, 0.2) is 29.3 Å². The Morgan fingerprint density at radius 3 is 2.86 bits per heavy atom. The normalized spacial score (nSPS) is 10.4. The predicted octanol–water partition coefficient (Wildman–Crippen LogP) is 1.19. The molecule has 0 atom stereocenters. The largest absolute Gasteiger partial charge is 0.489 e. The van der Waals surface area contributed by atoms with Gasteiger partial charge in [0.05, 0.1) is 20.0 Å². The van der Waals surface area contributed by atoms with Crippen molar-refractivity contribution < 1.29 is 13.9 Å². The maximum Gasteiger partial charge on any atom is 0.297 e. The molecule has 0 aliphatic heterocycles. The van der Waals surface area contributed by atoms with Gasteiger partial charge in [-0.25, -0.2) is 9.37 Å². The lowest BCUT2D eigenvalue weighted by molar-refractivity contribution is 0.1000. The summed E-state index contributed by atoms with van der Waals surface area (Å²) in [6, 6.07) is 3.66. The highest BCUT2D eigenvalue weighted by Gasteiger charge is 2.13. The van der Waals surface area contributed by atoms with E-state index in [1.807, 2.05) is 0 Å². The van der Waals surface area contributed by atoms with Gasteiger partial charge in [0.25, 0.3) is 5.56 Å². The number of nitrogens with zero attached hydrogens (tertiary/aromatic N) is 2. The van der Waals surface area contributed by atoms with Crippen molar-refractivity contribution in [2.45, 2.75) is 6.54 Å². The number of ether oxygens (including phenoxy) is 1. The summed E-state index contributed by atoms with van der Waals surface area (Å²) in [4.78, 5) is 26.9. The molecule has 0 fully saturated rings. The SMILES string of the molecule is COc1c(Cl)ncn(Cc2cc(C(N)=O)ccc2F)c1=O. The van der Waals surface area contributed by atoms with Crippen molar-refractivity contribution in [3.63, 3.8) is 0 Å². The Morgan fingerprint density at radius 1 is 1.52 bits per heavy atom. The van der Waals surface area contributed by atoms with Crippen LogP contribution in [-0.2, 0) is 6.54 Å². The minimum Gasteiger partial charge on any atom is -0.489 e. The van der Waals surface area contributed by atoms with Gasteiger partial charge in [0.1, 0.15) is 5.82 Å². The molecule has 1 aromatic carbocycles. The molecule has 6 nitrogen and oxygen atoms in total. The second-order valence-corrected chi connectivity index (χ2v) is 4.53. The van der Waals surface area contributed by atoms with Crippen molar-refractivity contribution in [2.75, 3.05) is 7.11 Å². The third-order valence-corrected chi connectivity index (χ3v) is 3.10. The summed E-state index contributed by atoms with van der Waals surface area (Å²) < 4.78 is 19.7. The first-order valence-electron chi connectivity index (χ1n) is 5.81. The summed E-state index contributed by atoms with van der Waals surface area (Å²) in [6.07, 6.45) is 1.17. The number of benzene rings is 1. The number of nitrogens with two attached hydrogens (primary N) is 1. The maximum absolute atomic E-state index is 13.8. The summed E-state index contributed by atoms with van der Waals surface area (Å²) in [6.45, 7) is -0.133. The lowest BCUT2D eigenvalue weighted by atomic mass is 10.1. The Labute approximate surface area is 123 Å². The van der Waals surface area contributed by atoms with Crippen LogP contribution < -0.4 is 16.0 Å². The summed E-state index contributed by atoms with van der Waals surface area (Å²) in [7, 11) is 1.28. The molecule has 2 aromatic rings. The van der Waals surface area contributed by atoms with Crippen LogP contribution in [0.1, 0.15) is 15.9 Å². The zero-order valence-electron chi connectivity index (χ0n) is 11.0. The highest BCUT2D eigenvalue weighted by molar-refractivity contribution is 6.30. The molecule has 2 N–H and O–H groups in total. The topological polar surface area (TPSA) is 87.2 Å². The van der Waals surface area contributed by atoms with E-state index in [0.717, 1.165) is 10.6 Å². The average Bonchev–Trinajstić information content (AvgIpc) is 2.44. The van der Waals surface area contributed by atoms with E-state index in [-0.39, 0.29) is 28.6 Å². The Kier molecular flexibility index (Phi) is 4.23. The number of halogens is 2. The van der Waals surface area contributed by atoms with Crippen LogP contribution in [0.3, 0.4) is 0 Å². The zero-order valence-corrected chi connectivity index (χ0v) is 11.7. The van der Waals surface area contributed by atoms with Crippen LogP contribution in [0.4, 0.5) is 4.39 Å². The van der Waals surface area contributed by atoms with Crippen LogP contribution in [0.2, 0.25) is 5.15 Å². The van der Waals surface area contributed by atoms with Crippen molar-refractivity contribution >= 4 is 17.5 Å². The first-order valence-corrected chi connectivity index (χ1v) is 6.19. The van der Waals surface area contributed by atoms with Crippen LogP contribution in [0, 0.1) is 5.82 Å². The van der Waals surface area contributed by atoms with E-state index >= 15 is 0 Å². The molecular formula is C13H11ClFN3O3. The monoisotopic (exact) mass is 311 g/mol. The first-order chi connectivity index (χ1) is 9.93. The molecule has 1 aromatic heterocycles. The van der Waals surface area contributed by atoms with Crippen molar-refractivity contribution in [1.29, 1.82) is 0 Å². The van der Waals surface area contributed by atoms with Gasteiger partial charge in [-0.1, -0.05) is 11.6 Å². The van der Waals surface area contributed by atoms with Crippen LogP contribution in [0.5, 0.6) is 5.75 Å². The highest BCUT2D eigenvalue weighted by Crippen LogP contribution is 2.16. The summed E-state index contributed by atoms with van der Waals surface area (Å²) >= 11 is 5.72. The number of hydrogen-bond donors (Lipinski definition) is 1. The third-order valence-electron chi connectivity index (χ3n) is 2.83. The highest BCUT2D eigenvalue weighted by atomic mass is 35.5. The molecule has 1 heterocycles. The second kappa shape index (κ2) is 5.92. The average molecular weight is 312 g/mol. The van der Waals surface area contributed by atoms with Gasteiger partial charge in [-0.05, 0) is 18.2 Å². The number of carbonyl (C=O) groups is 1. The minimum atomic E-state index is -0.685. The van der Waals surface area contributed by atoms with E-state index in [2.05, 4.69) is 4.98 Å². The van der Waals surface area contributed by atoms with E-state index in [1.165, 1.54) is 25.6 Å². The van der Waals surface area contributed by atoms with Gasteiger partial charge in [0.15, 0.2) is 5.15 Å². The standard InChI is InChI=1S/C13H11ClFN3O3/c1-21-10-11(14)17-6-18(13(10)20)5-8-4-7(12(16)19)2-3-9(8)15/h2-4,6H,5H2,1H3,(H2,16,19). The number of carbonyl (C=O) groups excluding carboxylic acids is 1. The molecule has 8 heteroatoms. The van der Waals surface area contributed by atoms with Gasteiger partial charge < -0.3 is 10.5 Å². The van der Waals surface area contributed by atoms with Gasteiger partial charge in [-0.3, -0.25) is 14.2 Å². The number of amides is 1. The number of primary amides is 1. The van der Waals surface area contributed by atoms with E-state index in [1.54, 1.807) is 0 Å². The molecule has 0 aliphatic carbocycles. The van der Waals surface area contributed by atoms with Gasteiger partial charge in [0, 0.05) is 11.1 Å². The molecule has 1 amide bonds. The van der Waals surface area contributed by atoms with Crippen molar-refractivity contribution in [2.24, 2.45) is 5.73 Å². The van der Waals surface area contributed by atoms with Crippen molar-refractivity contribution in [3.05, 3.63) is 57.0 Å². The first kappa shape index (κ1) is 15.0. The van der Waals surface area contributed by atoms with Crippen LogP contribution in [-0.4, -0.2) is 22.6 Å². The van der Waals surface area contributed by atoms with E-state index in [0.29, 0.717) is 0 Å². The fourth-order valence-electron chi connectivity index (χ4n) is 1.77. The summed E-state index contributed by atoms with van der Waals surface area (Å²) in [5, 5.41) is -0.0786. The number of methoxy groups -OCH3 is 1. The van der Waals surface area contributed by atoms with Gasteiger partial charge in [0.2, 0.25) is 11.7 Å². The number of aromatic nitrogens is 2. The Morgan fingerprint density at radius 2 is 2.24 bits per heavy atom.